The van der Waals surface area contributed by atoms with Crippen LogP contribution >= 0.6 is 0 Å². The monoisotopic (exact) mass is 438 g/mol. The van der Waals surface area contributed by atoms with Crippen LogP contribution in [-0.2, 0) is 23.8 Å². The van der Waals surface area contributed by atoms with E-state index < -0.39 is 12.1 Å². The highest BCUT2D eigenvalue weighted by atomic mass is 19.4. The zero-order valence-electron chi connectivity index (χ0n) is 17.2. The molecule has 3 aliphatic heterocycles. The van der Waals surface area contributed by atoms with Crippen LogP contribution in [0.2, 0.25) is 0 Å². The second kappa shape index (κ2) is 8.97. The minimum Gasteiger partial charge on any atom is -0.475 e. The van der Waals surface area contributed by atoms with Crippen LogP contribution in [0.25, 0.3) is 0 Å². The number of nitrogens with zero attached hydrogens (tertiary/aromatic N) is 2. The predicted octanol–water partition coefficient (Wildman–Crippen LogP) is 0.850. The first-order valence-electron chi connectivity index (χ1n) is 10.1. The van der Waals surface area contributed by atoms with E-state index in [1.54, 1.807) is 0 Å². The third kappa shape index (κ3) is 5.43. The normalized spacial score (nSPS) is 35.6. The summed E-state index contributed by atoms with van der Waals surface area (Å²) in [5, 5.41) is 7.12. The summed E-state index contributed by atoms with van der Waals surface area (Å²) in [4.78, 5) is 25.9. The Morgan fingerprint density at radius 2 is 1.83 bits per heavy atom. The van der Waals surface area contributed by atoms with E-state index in [1.807, 2.05) is 4.90 Å². The Bertz CT molecular complexity index is 636. The van der Waals surface area contributed by atoms with Gasteiger partial charge in [0.1, 0.15) is 5.60 Å². The lowest BCUT2D eigenvalue weighted by atomic mass is 9.99. The molecule has 5 atom stereocenters. The fourth-order valence-electron chi connectivity index (χ4n) is 4.56. The Hall–Kier alpha value is -1.43. The number of hydrogen-bond acceptors (Lipinski definition) is 6. The molecule has 172 valence electrons. The summed E-state index contributed by atoms with van der Waals surface area (Å²) >= 11 is 0. The molecule has 0 aromatic rings. The van der Waals surface area contributed by atoms with Crippen molar-refractivity contribution in [2.24, 2.45) is 17.8 Å². The van der Waals surface area contributed by atoms with Crippen LogP contribution in [0.5, 0.6) is 0 Å². The van der Waals surface area contributed by atoms with Crippen LogP contribution in [0.15, 0.2) is 0 Å². The van der Waals surface area contributed by atoms with Gasteiger partial charge in [0.25, 0.3) is 0 Å². The zero-order chi connectivity index (χ0) is 22.1. The number of likely N-dealkylation sites (N-methyl/N-ethyl adjacent to an activating group) is 1. The van der Waals surface area contributed by atoms with Crippen LogP contribution in [0.4, 0.5) is 13.2 Å². The lowest BCUT2D eigenvalue weighted by molar-refractivity contribution is -0.192. The van der Waals surface area contributed by atoms with Crippen molar-refractivity contribution in [3.63, 3.8) is 0 Å². The lowest BCUT2D eigenvalue weighted by Gasteiger charge is -2.32. The van der Waals surface area contributed by atoms with Crippen molar-refractivity contribution in [2.45, 2.75) is 30.7 Å². The van der Waals surface area contributed by atoms with Crippen molar-refractivity contribution in [3.8, 4) is 0 Å². The molecule has 4 aliphatic rings. The van der Waals surface area contributed by atoms with Gasteiger partial charge in [-0.2, -0.15) is 13.2 Å². The second-order valence-corrected chi connectivity index (χ2v) is 8.73. The molecule has 1 saturated carbocycles. The average molecular weight is 438 g/mol. The van der Waals surface area contributed by atoms with Crippen molar-refractivity contribution in [3.05, 3.63) is 0 Å². The number of aliphatic carboxylic acids is 1. The van der Waals surface area contributed by atoms with E-state index >= 15 is 0 Å². The van der Waals surface area contributed by atoms with Gasteiger partial charge in [-0.15, -0.1) is 0 Å². The maximum Gasteiger partial charge on any atom is 0.490 e. The lowest BCUT2D eigenvalue weighted by Crippen LogP contribution is -2.48. The van der Waals surface area contributed by atoms with Crippen LogP contribution in [0, 0.1) is 17.8 Å². The molecule has 3 saturated heterocycles. The van der Waals surface area contributed by atoms with Gasteiger partial charge in [0.05, 0.1) is 39.1 Å². The number of carboxylic acids is 1. The number of carbonyl (C=O) groups is 2. The highest BCUT2D eigenvalue weighted by Gasteiger charge is 2.59. The maximum absolute atomic E-state index is 12.9. The molecule has 1 amide bonds. The highest BCUT2D eigenvalue weighted by molar-refractivity contribution is 5.82. The van der Waals surface area contributed by atoms with E-state index in [2.05, 4.69) is 19.0 Å². The summed E-state index contributed by atoms with van der Waals surface area (Å²) < 4.78 is 49.3. The number of hydrogen-bond donors (Lipinski definition) is 1. The van der Waals surface area contributed by atoms with Gasteiger partial charge in [0.15, 0.2) is 0 Å². The molecule has 1 aliphatic carbocycles. The fraction of sp³-hybridized carbons (Fsp3) is 0.895. The summed E-state index contributed by atoms with van der Waals surface area (Å²) in [7, 11) is 4.14. The summed E-state index contributed by atoms with van der Waals surface area (Å²) in [5.74, 6) is -1.33. The number of alkyl halides is 3. The van der Waals surface area contributed by atoms with Crippen LogP contribution in [-0.4, -0.2) is 105 Å². The summed E-state index contributed by atoms with van der Waals surface area (Å²) in [6.45, 7) is 5.07. The largest absolute Gasteiger partial charge is 0.490 e. The third-order valence-electron chi connectivity index (χ3n) is 6.05. The van der Waals surface area contributed by atoms with Crippen molar-refractivity contribution in [1.82, 2.24) is 9.80 Å². The molecule has 30 heavy (non-hydrogen) atoms. The van der Waals surface area contributed by atoms with Crippen LogP contribution < -0.4 is 0 Å². The fourth-order valence-corrected chi connectivity index (χ4v) is 4.56. The molecular formula is C19H29F3N2O6. The SMILES string of the molecule is CN(C)CC1CC[C@]2(COCCN(C(=O)C3[C@H]4COC[C@@H]34)C2)O1.O=C(O)C(F)(F)F. The molecule has 8 nitrogen and oxygen atoms in total. The van der Waals surface area contributed by atoms with E-state index in [0.717, 1.165) is 32.6 Å². The van der Waals surface area contributed by atoms with Gasteiger partial charge < -0.3 is 29.1 Å². The van der Waals surface area contributed by atoms with Crippen molar-refractivity contribution >= 4 is 11.9 Å². The van der Waals surface area contributed by atoms with E-state index in [-0.39, 0.29) is 17.6 Å². The topological polar surface area (TPSA) is 88.5 Å². The highest BCUT2D eigenvalue weighted by Crippen LogP contribution is 2.51. The first-order chi connectivity index (χ1) is 14.0. The van der Waals surface area contributed by atoms with Gasteiger partial charge in [-0.3, -0.25) is 4.79 Å². The maximum atomic E-state index is 12.9. The molecule has 2 unspecified atom stereocenters. The van der Waals surface area contributed by atoms with Crippen molar-refractivity contribution in [2.75, 3.05) is 60.2 Å². The second-order valence-electron chi connectivity index (χ2n) is 8.73. The predicted molar refractivity (Wildman–Crippen MR) is 97.8 cm³/mol. The number of ether oxygens (including phenoxy) is 3. The van der Waals surface area contributed by atoms with E-state index in [4.69, 9.17) is 24.1 Å². The minimum atomic E-state index is -5.08. The van der Waals surface area contributed by atoms with Gasteiger partial charge in [-0.05, 0) is 38.8 Å². The molecule has 0 bridgehead atoms. The standard InChI is InChI=1S/C17H28N2O4.C2HF3O2/c1-18(2)7-12-3-4-17(23-12)10-19(5-6-21-11-17)16(20)15-13-8-22-9-14(13)15;3-2(4,5)1(6)7/h12-15H,3-11H2,1-2H3;(H,6,7)/t12?,13-,14+,15?,17-;/m0./s1. The zero-order valence-corrected chi connectivity index (χ0v) is 17.2. The number of fused-ring (bicyclic) bond motifs is 1. The first kappa shape index (κ1) is 23.2. The number of carboxylic acid groups (broad SMARTS) is 1. The molecule has 0 radical (unpaired) electrons. The van der Waals surface area contributed by atoms with E-state index in [1.165, 1.54) is 0 Å². The van der Waals surface area contributed by atoms with Gasteiger partial charge in [-0.1, -0.05) is 0 Å². The quantitative estimate of drug-likeness (QED) is 0.699. The smallest absolute Gasteiger partial charge is 0.475 e. The molecule has 11 heteroatoms. The number of amides is 1. The van der Waals surface area contributed by atoms with Crippen molar-refractivity contribution < 1.29 is 42.1 Å². The van der Waals surface area contributed by atoms with Gasteiger partial charge >= 0.3 is 12.1 Å². The third-order valence-corrected chi connectivity index (χ3v) is 6.05. The van der Waals surface area contributed by atoms with Gasteiger partial charge in [0.2, 0.25) is 5.91 Å². The molecule has 3 heterocycles. The van der Waals surface area contributed by atoms with Crippen LogP contribution in [0.3, 0.4) is 0 Å². The summed E-state index contributed by atoms with van der Waals surface area (Å²) in [5.41, 5.74) is -0.298. The molecule has 1 spiro atoms. The Morgan fingerprint density at radius 3 is 2.40 bits per heavy atom. The molecule has 4 rings (SSSR count). The van der Waals surface area contributed by atoms with Gasteiger partial charge in [-0.25, -0.2) is 4.79 Å². The van der Waals surface area contributed by atoms with Gasteiger partial charge in [0, 0.05) is 19.0 Å². The van der Waals surface area contributed by atoms with Crippen molar-refractivity contribution in [1.29, 1.82) is 0 Å². The Kier molecular flexibility index (Phi) is 6.95. The Morgan fingerprint density at radius 1 is 1.20 bits per heavy atom. The summed E-state index contributed by atoms with van der Waals surface area (Å²) in [6.07, 6.45) is -2.81. The Balaban J connectivity index is 0.000000318. The van der Waals surface area contributed by atoms with E-state index in [9.17, 15) is 18.0 Å². The molecule has 1 N–H and O–H groups in total. The minimum absolute atomic E-state index is 0.192. The molecule has 4 fully saturated rings. The average Bonchev–Trinajstić information content (AvgIpc) is 2.96. The van der Waals surface area contributed by atoms with E-state index in [0.29, 0.717) is 44.0 Å². The molecule has 0 aromatic heterocycles. The summed E-state index contributed by atoms with van der Waals surface area (Å²) in [6, 6.07) is 0. The molecule has 0 aromatic carbocycles. The Labute approximate surface area is 173 Å². The number of rotatable bonds is 3. The molecular weight excluding hydrogens is 409 g/mol. The van der Waals surface area contributed by atoms with Crippen LogP contribution in [0.1, 0.15) is 12.8 Å². The number of carbonyl (C=O) groups excluding carboxylic acids is 1. The number of halogens is 3. The first-order valence-corrected chi connectivity index (χ1v) is 10.1.